The molecule has 0 spiro atoms. The normalized spacial score (nSPS) is 16.0. The summed E-state index contributed by atoms with van der Waals surface area (Å²) in [5.41, 5.74) is 5.46. The van der Waals surface area contributed by atoms with Gasteiger partial charge in [0.15, 0.2) is 5.25 Å². The molecular formula is C9H19N3O2S. The number of nitriles is 1. The Bertz CT molecular complexity index is 319. The Balaban J connectivity index is 4.49. The molecule has 0 aromatic carbocycles. The topological polar surface area (TPSA) is 96.0 Å². The molecule has 0 aliphatic rings. The molecule has 0 radical (unpaired) electrons. The molecule has 0 saturated heterocycles. The van der Waals surface area contributed by atoms with Crippen LogP contribution in [0.3, 0.4) is 0 Å². The third-order valence-corrected chi connectivity index (χ3v) is 3.72. The molecule has 2 atom stereocenters. The lowest BCUT2D eigenvalue weighted by Crippen LogP contribution is -2.44. The van der Waals surface area contributed by atoms with Gasteiger partial charge in [0.05, 0.1) is 6.07 Å². The molecule has 15 heavy (non-hydrogen) atoms. The summed E-state index contributed by atoms with van der Waals surface area (Å²) in [5.74, 6) is 0.360. The molecule has 0 aliphatic heterocycles. The Morgan fingerprint density at radius 2 is 1.93 bits per heavy atom. The minimum atomic E-state index is -3.56. The maximum atomic E-state index is 11.5. The number of nitrogens with one attached hydrogen (secondary N) is 1. The lowest BCUT2D eigenvalue weighted by atomic mass is 10.1. The standard InChI is InChI=1S/C9H19N3O2S/c1-7(2)4-9(6-11)12-15(13,14)8(3)5-10/h7-9,12H,4,6,11H2,1-3H3. The first-order chi connectivity index (χ1) is 6.83. The summed E-state index contributed by atoms with van der Waals surface area (Å²) in [7, 11) is -3.56. The molecule has 0 fully saturated rings. The van der Waals surface area contributed by atoms with Gasteiger partial charge in [-0.05, 0) is 19.3 Å². The lowest BCUT2D eigenvalue weighted by Gasteiger charge is -2.19. The molecular weight excluding hydrogens is 214 g/mol. The predicted octanol–water partition coefficient (Wildman–Crippen LogP) is 0.191. The highest BCUT2D eigenvalue weighted by molar-refractivity contribution is 7.90. The summed E-state index contributed by atoms with van der Waals surface area (Å²) in [4.78, 5) is 0. The molecule has 0 rings (SSSR count). The summed E-state index contributed by atoms with van der Waals surface area (Å²) < 4.78 is 25.5. The highest BCUT2D eigenvalue weighted by atomic mass is 32.2. The molecule has 0 amide bonds. The van der Waals surface area contributed by atoms with Crippen molar-refractivity contribution in [1.82, 2.24) is 4.72 Å². The average molecular weight is 233 g/mol. The highest BCUT2D eigenvalue weighted by Crippen LogP contribution is 2.06. The molecule has 0 aromatic rings. The second kappa shape index (κ2) is 6.05. The average Bonchev–Trinajstić information content (AvgIpc) is 2.14. The Kier molecular flexibility index (Phi) is 5.80. The molecule has 0 aliphatic carbocycles. The number of rotatable bonds is 6. The van der Waals surface area contributed by atoms with E-state index in [-0.39, 0.29) is 12.6 Å². The van der Waals surface area contributed by atoms with Crippen LogP contribution in [0, 0.1) is 17.2 Å². The van der Waals surface area contributed by atoms with Crippen LogP contribution in [0.2, 0.25) is 0 Å². The van der Waals surface area contributed by atoms with Crippen molar-refractivity contribution in [3.8, 4) is 6.07 Å². The molecule has 5 nitrogen and oxygen atoms in total. The van der Waals surface area contributed by atoms with Gasteiger partial charge in [-0.15, -0.1) is 0 Å². The fraction of sp³-hybridized carbons (Fsp3) is 0.889. The molecule has 0 heterocycles. The number of hydrogen-bond donors (Lipinski definition) is 2. The van der Waals surface area contributed by atoms with Crippen molar-refractivity contribution >= 4 is 10.0 Å². The summed E-state index contributed by atoms with van der Waals surface area (Å²) >= 11 is 0. The van der Waals surface area contributed by atoms with E-state index in [0.29, 0.717) is 12.3 Å². The number of hydrogen-bond acceptors (Lipinski definition) is 4. The van der Waals surface area contributed by atoms with E-state index in [4.69, 9.17) is 11.0 Å². The molecule has 6 heteroatoms. The van der Waals surface area contributed by atoms with Crippen molar-refractivity contribution in [1.29, 1.82) is 5.26 Å². The summed E-state index contributed by atoms with van der Waals surface area (Å²) in [5, 5.41) is 7.49. The van der Waals surface area contributed by atoms with Gasteiger partial charge in [-0.1, -0.05) is 13.8 Å². The largest absolute Gasteiger partial charge is 0.329 e. The van der Waals surface area contributed by atoms with Crippen molar-refractivity contribution in [2.75, 3.05) is 6.54 Å². The van der Waals surface area contributed by atoms with Gasteiger partial charge >= 0.3 is 0 Å². The fourth-order valence-corrected chi connectivity index (χ4v) is 2.17. The number of sulfonamides is 1. The molecule has 0 aromatic heterocycles. The van der Waals surface area contributed by atoms with Crippen LogP contribution in [0.4, 0.5) is 0 Å². The van der Waals surface area contributed by atoms with Gasteiger partial charge < -0.3 is 5.73 Å². The van der Waals surface area contributed by atoms with Gasteiger partial charge in [0.2, 0.25) is 10.0 Å². The molecule has 3 N–H and O–H groups in total. The van der Waals surface area contributed by atoms with E-state index in [1.54, 1.807) is 6.07 Å². The number of nitrogens with zero attached hydrogens (tertiary/aromatic N) is 1. The smallest absolute Gasteiger partial charge is 0.227 e. The van der Waals surface area contributed by atoms with E-state index >= 15 is 0 Å². The Morgan fingerprint density at radius 1 is 1.40 bits per heavy atom. The summed E-state index contributed by atoms with van der Waals surface area (Å²) in [6.45, 7) is 5.58. The van der Waals surface area contributed by atoms with Crippen molar-refractivity contribution in [3.05, 3.63) is 0 Å². The van der Waals surface area contributed by atoms with E-state index in [2.05, 4.69) is 4.72 Å². The molecule has 0 bridgehead atoms. The zero-order chi connectivity index (χ0) is 12.1. The highest BCUT2D eigenvalue weighted by Gasteiger charge is 2.23. The molecule has 0 saturated carbocycles. The van der Waals surface area contributed by atoms with Gasteiger partial charge in [-0.25, -0.2) is 13.1 Å². The third kappa shape index (κ3) is 5.11. The van der Waals surface area contributed by atoms with Crippen molar-refractivity contribution in [3.63, 3.8) is 0 Å². The second-order valence-electron chi connectivity index (χ2n) is 4.00. The molecule has 88 valence electrons. The maximum absolute atomic E-state index is 11.5. The van der Waals surface area contributed by atoms with Gasteiger partial charge in [0.1, 0.15) is 0 Å². The quantitative estimate of drug-likeness (QED) is 0.684. The maximum Gasteiger partial charge on any atom is 0.227 e. The minimum absolute atomic E-state index is 0.246. The zero-order valence-corrected chi connectivity index (χ0v) is 10.2. The van der Waals surface area contributed by atoms with E-state index in [1.807, 2.05) is 13.8 Å². The third-order valence-electron chi connectivity index (χ3n) is 2.02. The van der Waals surface area contributed by atoms with Gasteiger partial charge in [-0.3, -0.25) is 0 Å². The van der Waals surface area contributed by atoms with Crippen LogP contribution in [0.5, 0.6) is 0 Å². The SMILES string of the molecule is CC(C)CC(CN)NS(=O)(=O)C(C)C#N. The summed E-state index contributed by atoms with van der Waals surface area (Å²) in [6.07, 6.45) is 0.674. The molecule has 2 unspecified atom stereocenters. The number of nitrogens with two attached hydrogens (primary N) is 1. The van der Waals surface area contributed by atoms with E-state index in [9.17, 15) is 8.42 Å². The van der Waals surface area contributed by atoms with Gasteiger partial charge in [0.25, 0.3) is 0 Å². The van der Waals surface area contributed by atoms with E-state index < -0.39 is 15.3 Å². The zero-order valence-electron chi connectivity index (χ0n) is 9.40. The predicted molar refractivity (Wildman–Crippen MR) is 59.4 cm³/mol. The first-order valence-electron chi connectivity index (χ1n) is 4.94. The lowest BCUT2D eigenvalue weighted by molar-refractivity contribution is 0.464. The summed E-state index contributed by atoms with van der Waals surface area (Å²) in [6, 6.07) is 1.41. The fourth-order valence-electron chi connectivity index (χ4n) is 1.17. The minimum Gasteiger partial charge on any atom is -0.329 e. The van der Waals surface area contributed by atoms with Crippen LogP contribution in [-0.2, 0) is 10.0 Å². The Morgan fingerprint density at radius 3 is 2.27 bits per heavy atom. The van der Waals surface area contributed by atoms with Crippen LogP contribution in [0.15, 0.2) is 0 Å². The van der Waals surface area contributed by atoms with Crippen LogP contribution >= 0.6 is 0 Å². The van der Waals surface area contributed by atoms with Crippen molar-refractivity contribution in [2.24, 2.45) is 11.7 Å². The Hall–Kier alpha value is -0.640. The van der Waals surface area contributed by atoms with Crippen LogP contribution in [0.1, 0.15) is 27.2 Å². The van der Waals surface area contributed by atoms with E-state index in [1.165, 1.54) is 6.92 Å². The first kappa shape index (κ1) is 14.4. The van der Waals surface area contributed by atoms with Crippen molar-refractivity contribution in [2.45, 2.75) is 38.5 Å². The Labute approximate surface area is 91.7 Å². The first-order valence-corrected chi connectivity index (χ1v) is 6.49. The van der Waals surface area contributed by atoms with E-state index in [0.717, 1.165) is 0 Å². The monoisotopic (exact) mass is 233 g/mol. The second-order valence-corrected chi connectivity index (χ2v) is 6.03. The van der Waals surface area contributed by atoms with Crippen LogP contribution < -0.4 is 10.5 Å². The van der Waals surface area contributed by atoms with Crippen LogP contribution in [-0.4, -0.2) is 26.3 Å². The van der Waals surface area contributed by atoms with Crippen molar-refractivity contribution < 1.29 is 8.42 Å². The van der Waals surface area contributed by atoms with Crippen LogP contribution in [0.25, 0.3) is 0 Å². The van der Waals surface area contributed by atoms with Gasteiger partial charge in [0, 0.05) is 12.6 Å². The van der Waals surface area contributed by atoms with Gasteiger partial charge in [-0.2, -0.15) is 5.26 Å².